The van der Waals surface area contributed by atoms with Gasteiger partial charge in [-0.1, -0.05) is 12.6 Å². The van der Waals surface area contributed by atoms with Gasteiger partial charge in [-0.05, 0) is 18.2 Å². The Morgan fingerprint density at radius 3 is 2.43 bits per heavy atom. The lowest BCUT2D eigenvalue weighted by atomic mass is 10.1. The highest BCUT2D eigenvalue weighted by molar-refractivity contribution is 6.22. The Balaban J connectivity index is 2.36. The van der Waals surface area contributed by atoms with Gasteiger partial charge in [-0.2, -0.15) is 26.3 Å². The van der Waals surface area contributed by atoms with Crippen LogP contribution in [0.2, 0.25) is 0 Å². The summed E-state index contributed by atoms with van der Waals surface area (Å²) in [5.74, 6) is -1.13. The number of pyridine rings is 1. The van der Waals surface area contributed by atoms with Gasteiger partial charge in [0.1, 0.15) is 6.33 Å². The van der Waals surface area contributed by atoms with Gasteiger partial charge in [0.25, 0.3) is 5.91 Å². The van der Waals surface area contributed by atoms with Gasteiger partial charge in [0, 0.05) is 35.8 Å². The van der Waals surface area contributed by atoms with Crippen LogP contribution in [0.5, 0.6) is 0 Å². The second-order valence-electron chi connectivity index (χ2n) is 5.69. The summed E-state index contributed by atoms with van der Waals surface area (Å²) in [6.07, 6.45) is -5.21. The number of rotatable bonds is 6. The number of hydrogen-bond donors (Lipinski definition) is 1. The third-order valence-corrected chi connectivity index (χ3v) is 3.40. The molecular formula is C18H13F6N5O. The average Bonchev–Trinajstić information content (AvgIpc) is 3.10. The number of hydrogen-bond acceptors (Lipinski definition) is 4. The molecule has 12 heteroatoms. The van der Waals surface area contributed by atoms with E-state index in [9.17, 15) is 31.1 Å². The second kappa shape index (κ2) is 8.76. The molecule has 2 heterocycles. The first-order valence-electron chi connectivity index (χ1n) is 7.94. The first-order chi connectivity index (χ1) is 13.9. The normalized spacial score (nSPS) is 13.7. The summed E-state index contributed by atoms with van der Waals surface area (Å²) in [4.78, 5) is 19.3. The molecule has 0 radical (unpaired) electrons. The van der Waals surface area contributed by atoms with Crippen LogP contribution in [-0.2, 0) is 4.79 Å². The van der Waals surface area contributed by atoms with Crippen molar-refractivity contribution in [3.8, 4) is 0 Å². The molecule has 0 aliphatic heterocycles. The zero-order valence-corrected chi connectivity index (χ0v) is 14.9. The van der Waals surface area contributed by atoms with Crippen molar-refractivity contribution >= 4 is 23.3 Å². The molecule has 2 aromatic heterocycles. The minimum Gasteiger partial charge on any atom is -0.366 e. The SMILES string of the molecule is C=C(C=C(C=CC(F)(F)F)C(F)(F)F)c1ncn(C=C(C(N)=O)c2cccnc2)n1. The molecule has 30 heavy (non-hydrogen) atoms. The van der Waals surface area contributed by atoms with E-state index in [0.29, 0.717) is 11.6 Å². The predicted octanol–water partition coefficient (Wildman–Crippen LogP) is 3.78. The summed E-state index contributed by atoms with van der Waals surface area (Å²) in [5, 5.41) is 3.85. The molecule has 0 aliphatic carbocycles. The number of carbonyl (C=O) groups is 1. The second-order valence-corrected chi connectivity index (χ2v) is 5.69. The number of nitrogens with two attached hydrogens (primary N) is 1. The van der Waals surface area contributed by atoms with Gasteiger partial charge in [0.2, 0.25) is 0 Å². The maximum absolute atomic E-state index is 13.0. The number of alkyl halides is 6. The van der Waals surface area contributed by atoms with E-state index >= 15 is 0 Å². The molecule has 2 rings (SSSR count). The third-order valence-electron chi connectivity index (χ3n) is 3.40. The smallest absolute Gasteiger partial charge is 0.366 e. The van der Waals surface area contributed by atoms with Gasteiger partial charge >= 0.3 is 12.4 Å². The molecule has 2 aromatic rings. The molecule has 158 valence electrons. The summed E-state index contributed by atoms with van der Waals surface area (Å²) in [7, 11) is 0. The van der Waals surface area contributed by atoms with Crippen molar-refractivity contribution in [1.82, 2.24) is 19.7 Å². The lowest BCUT2D eigenvalue weighted by Crippen LogP contribution is -2.14. The molecule has 6 nitrogen and oxygen atoms in total. The maximum Gasteiger partial charge on any atom is 0.416 e. The number of primary amides is 1. The van der Waals surface area contributed by atoms with Gasteiger partial charge in [0.15, 0.2) is 5.82 Å². The molecule has 2 N–H and O–H groups in total. The van der Waals surface area contributed by atoms with E-state index in [4.69, 9.17) is 5.73 Å². The van der Waals surface area contributed by atoms with Crippen LogP contribution in [0.4, 0.5) is 26.3 Å². The van der Waals surface area contributed by atoms with E-state index in [1.807, 2.05) is 0 Å². The molecule has 1 amide bonds. The summed E-state index contributed by atoms with van der Waals surface area (Å²) in [6.45, 7) is 3.36. The molecule has 0 aromatic carbocycles. The number of amides is 1. The highest BCUT2D eigenvalue weighted by Gasteiger charge is 2.33. The number of carbonyl (C=O) groups excluding carboxylic acids is 1. The molecule has 0 aliphatic rings. The van der Waals surface area contributed by atoms with Gasteiger partial charge in [-0.25, -0.2) is 9.67 Å². The van der Waals surface area contributed by atoms with Crippen LogP contribution in [0, 0.1) is 0 Å². The van der Waals surface area contributed by atoms with Crippen molar-refractivity contribution < 1.29 is 31.1 Å². The van der Waals surface area contributed by atoms with E-state index in [1.54, 1.807) is 12.1 Å². The molecule has 0 saturated heterocycles. The zero-order valence-electron chi connectivity index (χ0n) is 14.9. The number of halogens is 6. The highest BCUT2D eigenvalue weighted by Crippen LogP contribution is 2.30. The Labute approximate surface area is 165 Å². The first-order valence-corrected chi connectivity index (χ1v) is 7.94. The van der Waals surface area contributed by atoms with Gasteiger partial charge < -0.3 is 5.73 Å². The number of allylic oxidation sites excluding steroid dienone is 5. The number of aromatic nitrogens is 4. The van der Waals surface area contributed by atoms with E-state index in [1.165, 1.54) is 18.6 Å². The lowest BCUT2D eigenvalue weighted by molar-refractivity contribution is -0.112. The summed E-state index contributed by atoms with van der Waals surface area (Å²) < 4.78 is 76.6. The van der Waals surface area contributed by atoms with E-state index in [2.05, 4.69) is 21.6 Å². The Morgan fingerprint density at radius 1 is 1.20 bits per heavy atom. The van der Waals surface area contributed by atoms with E-state index < -0.39 is 35.5 Å². The van der Waals surface area contributed by atoms with Crippen molar-refractivity contribution in [1.29, 1.82) is 0 Å². The van der Waals surface area contributed by atoms with E-state index in [-0.39, 0.29) is 17.5 Å². The molecule has 0 saturated carbocycles. The number of nitrogens with zero attached hydrogens (tertiary/aromatic N) is 4. The minimum atomic E-state index is -5.06. The lowest BCUT2D eigenvalue weighted by Gasteiger charge is -2.08. The van der Waals surface area contributed by atoms with Crippen LogP contribution in [-0.4, -0.2) is 38.0 Å². The van der Waals surface area contributed by atoms with E-state index in [0.717, 1.165) is 11.0 Å². The maximum atomic E-state index is 13.0. The summed E-state index contributed by atoms with van der Waals surface area (Å²) >= 11 is 0. The van der Waals surface area contributed by atoms with Gasteiger partial charge in [0.05, 0.1) is 11.1 Å². The Kier molecular flexibility index (Phi) is 6.59. The van der Waals surface area contributed by atoms with Crippen LogP contribution < -0.4 is 5.73 Å². The molecule has 0 fully saturated rings. The topological polar surface area (TPSA) is 86.7 Å². The summed E-state index contributed by atoms with van der Waals surface area (Å²) in [5.41, 5.74) is 3.67. The van der Waals surface area contributed by atoms with Crippen molar-refractivity contribution in [3.05, 3.63) is 72.6 Å². The summed E-state index contributed by atoms with van der Waals surface area (Å²) in [6, 6.07) is 3.10. The Morgan fingerprint density at radius 2 is 1.90 bits per heavy atom. The fourth-order valence-corrected chi connectivity index (χ4v) is 2.08. The predicted molar refractivity (Wildman–Crippen MR) is 96.0 cm³/mol. The zero-order chi connectivity index (χ0) is 22.5. The third kappa shape index (κ3) is 6.43. The van der Waals surface area contributed by atoms with Crippen molar-refractivity contribution in [2.75, 3.05) is 0 Å². The van der Waals surface area contributed by atoms with Crippen LogP contribution in [0.3, 0.4) is 0 Å². The fraction of sp³-hybridized carbons (Fsp3) is 0.111. The fourth-order valence-electron chi connectivity index (χ4n) is 2.08. The molecule has 0 bridgehead atoms. The Hall–Kier alpha value is -3.70. The van der Waals surface area contributed by atoms with Crippen molar-refractivity contribution in [3.63, 3.8) is 0 Å². The Bertz CT molecular complexity index is 1020. The first kappa shape index (κ1) is 22.6. The molecular weight excluding hydrogens is 416 g/mol. The van der Waals surface area contributed by atoms with Crippen LogP contribution in [0.15, 0.2) is 61.2 Å². The van der Waals surface area contributed by atoms with Crippen molar-refractivity contribution in [2.24, 2.45) is 5.73 Å². The van der Waals surface area contributed by atoms with Crippen LogP contribution in [0.25, 0.3) is 17.3 Å². The standard InChI is InChI=1S/C18H13F6N5O/c1-11(7-13(18(22,23)24)4-5-17(19,20)21)16-27-10-29(28-16)9-14(15(25)30)12-3-2-6-26-8-12/h2-10H,1H2,(H2,25,30). The quantitative estimate of drug-likeness (QED) is 0.430. The molecule has 0 atom stereocenters. The molecule has 0 unspecified atom stereocenters. The molecule has 0 spiro atoms. The van der Waals surface area contributed by atoms with Crippen LogP contribution >= 0.6 is 0 Å². The monoisotopic (exact) mass is 429 g/mol. The largest absolute Gasteiger partial charge is 0.416 e. The van der Waals surface area contributed by atoms with Crippen molar-refractivity contribution in [2.45, 2.75) is 12.4 Å². The highest BCUT2D eigenvalue weighted by atomic mass is 19.4. The van der Waals surface area contributed by atoms with Gasteiger partial charge in [-0.15, -0.1) is 5.10 Å². The van der Waals surface area contributed by atoms with Gasteiger partial charge in [-0.3, -0.25) is 9.78 Å². The average molecular weight is 429 g/mol. The minimum absolute atomic E-state index is 0.00945. The van der Waals surface area contributed by atoms with Crippen LogP contribution in [0.1, 0.15) is 11.4 Å².